The summed E-state index contributed by atoms with van der Waals surface area (Å²) in [4.78, 5) is 19.5. The first-order valence-corrected chi connectivity index (χ1v) is 13.9. The summed E-state index contributed by atoms with van der Waals surface area (Å²) in [7, 11) is 0. The number of aromatic nitrogens is 2. The van der Waals surface area contributed by atoms with Gasteiger partial charge in [0.2, 0.25) is 11.9 Å². The van der Waals surface area contributed by atoms with E-state index in [1.54, 1.807) is 5.01 Å². The summed E-state index contributed by atoms with van der Waals surface area (Å²) >= 11 is 0. The van der Waals surface area contributed by atoms with E-state index >= 15 is 0 Å². The summed E-state index contributed by atoms with van der Waals surface area (Å²) in [6, 6.07) is 19.7. The van der Waals surface area contributed by atoms with Gasteiger partial charge in [-0.2, -0.15) is 18.2 Å². The number of para-hydroxylation sites is 1. The van der Waals surface area contributed by atoms with Crippen molar-refractivity contribution in [2.75, 3.05) is 30.0 Å². The summed E-state index contributed by atoms with van der Waals surface area (Å²) < 4.78 is 41.2. The van der Waals surface area contributed by atoms with Crippen LogP contribution in [0.15, 0.2) is 66.9 Å². The molecule has 3 rings (SSSR count). The number of unbranched alkanes of at least 4 members (excludes halogenated alkanes) is 3. The number of carbonyl (C=O) groups excluding carboxylic acids is 1. The van der Waals surface area contributed by atoms with Gasteiger partial charge < -0.3 is 10.6 Å². The Bertz CT molecular complexity index is 1160. The Hall–Kier alpha value is -3.66. The third-order valence-corrected chi connectivity index (χ3v) is 6.53. The Kier molecular flexibility index (Phi) is 12.2. The molecule has 0 radical (unpaired) electrons. The van der Waals surface area contributed by atoms with Crippen LogP contribution in [-0.4, -0.2) is 35.5 Å². The molecule has 40 heavy (non-hydrogen) atoms. The van der Waals surface area contributed by atoms with Crippen molar-refractivity contribution < 1.29 is 18.0 Å². The molecule has 0 fully saturated rings. The lowest BCUT2D eigenvalue weighted by Gasteiger charge is -2.26. The molecule has 0 aliphatic heterocycles. The molecule has 0 bridgehead atoms. The molecule has 216 valence electrons. The van der Waals surface area contributed by atoms with Gasteiger partial charge in [0.1, 0.15) is 11.4 Å². The van der Waals surface area contributed by atoms with Gasteiger partial charge in [0.25, 0.3) is 0 Å². The number of alkyl halides is 3. The third-order valence-electron chi connectivity index (χ3n) is 6.53. The second kappa shape index (κ2) is 15.8. The van der Waals surface area contributed by atoms with Gasteiger partial charge in [0, 0.05) is 32.8 Å². The molecular formula is C30H39F3N6O. The minimum absolute atomic E-state index is 0.0780. The maximum Gasteiger partial charge on any atom is 0.421 e. The van der Waals surface area contributed by atoms with Crippen molar-refractivity contribution in [1.29, 1.82) is 0 Å². The van der Waals surface area contributed by atoms with Crippen LogP contribution in [0.4, 0.5) is 30.6 Å². The Morgan fingerprint density at radius 3 is 2.27 bits per heavy atom. The van der Waals surface area contributed by atoms with Crippen molar-refractivity contribution in [1.82, 2.24) is 20.7 Å². The fourth-order valence-corrected chi connectivity index (χ4v) is 4.47. The molecule has 7 nitrogen and oxygen atoms in total. The molecule has 1 aromatic heterocycles. The number of amides is 1. The number of benzene rings is 2. The van der Waals surface area contributed by atoms with Crippen molar-refractivity contribution in [3.05, 3.63) is 78.0 Å². The highest BCUT2D eigenvalue weighted by atomic mass is 19.4. The van der Waals surface area contributed by atoms with Crippen LogP contribution in [0, 0.1) is 0 Å². The quantitative estimate of drug-likeness (QED) is 0.133. The van der Waals surface area contributed by atoms with E-state index in [9.17, 15) is 18.0 Å². The molecule has 0 aliphatic rings. The molecule has 0 spiro atoms. The Morgan fingerprint density at radius 1 is 0.925 bits per heavy atom. The number of nitrogens with zero attached hydrogens (tertiary/aromatic N) is 3. The maximum atomic E-state index is 13.7. The zero-order valence-corrected chi connectivity index (χ0v) is 23.2. The van der Waals surface area contributed by atoms with Gasteiger partial charge in [-0.1, -0.05) is 81.1 Å². The predicted octanol–water partition coefficient (Wildman–Crippen LogP) is 6.83. The van der Waals surface area contributed by atoms with Gasteiger partial charge in [0.05, 0.1) is 5.69 Å². The molecule has 2 aromatic carbocycles. The Labute approximate surface area is 234 Å². The van der Waals surface area contributed by atoms with E-state index in [4.69, 9.17) is 0 Å². The number of rotatable bonds is 16. The second-order valence-corrected chi connectivity index (χ2v) is 9.66. The van der Waals surface area contributed by atoms with E-state index in [1.165, 1.54) is 31.7 Å². The molecule has 3 N–H and O–H groups in total. The van der Waals surface area contributed by atoms with Crippen LogP contribution >= 0.6 is 0 Å². The number of nitrogens with one attached hydrogen (secondary N) is 3. The zero-order valence-electron chi connectivity index (χ0n) is 23.2. The van der Waals surface area contributed by atoms with Gasteiger partial charge in [-0.25, -0.2) is 15.4 Å². The first-order chi connectivity index (χ1) is 19.3. The van der Waals surface area contributed by atoms with E-state index in [0.29, 0.717) is 18.2 Å². The number of anilines is 3. The Balaban J connectivity index is 1.81. The van der Waals surface area contributed by atoms with Gasteiger partial charge in [-0.15, -0.1) is 0 Å². The minimum Gasteiger partial charge on any atom is -0.368 e. The summed E-state index contributed by atoms with van der Waals surface area (Å²) in [6.45, 7) is 4.35. The van der Waals surface area contributed by atoms with Gasteiger partial charge in [-0.05, 0) is 36.5 Å². The molecule has 0 saturated heterocycles. The van der Waals surface area contributed by atoms with Crippen molar-refractivity contribution in [3.8, 4) is 0 Å². The highest BCUT2D eigenvalue weighted by Crippen LogP contribution is 2.35. The van der Waals surface area contributed by atoms with Crippen LogP contribution in [0.25, 0.3) is 0 Å². The molecule has 0 saturated carbocycles. The molecule has 1 heterocycles. The normalized spacial score (nSPS) is 12.1. The summed E-state index contributed by atoms with van der Waals surface area (Å²) in [5, 5.41) is 6.90. The average molecular weight is 557 g/mol. The number of hydrogen-bond acceptors (Lipinski definition) is 6. The lowest BCUT2D eigenvalue weighted by molar-refractivity contribution is -0.137. The molecule has 0 aliphatic carbocycles. The van der Waals surface area contributed by atoms with Crippen molar-refractivity contribution in [3.63, 3.8) is 0 Å². The van der Waals surface area contributed by atoms with E-state index in [1.807, 2.05) is 36.4 Å². The fourth-order valence-electron chi connectivity index (χ4n) is 4.47. The highest BCUT2D eigenvalue weighted by molar-refractivity contribution is 5.72. The molecule has 3 aromatic rings. The second-order valence-electron chi connectivity index (χ2n) is 9.66. The lowest BCUT2D eigenvalue weighted by atomic mass is 9.90. The maximum absolute atomic E-state index is 13.7. The fraction of sp³-hybridized carbons (Fsp3) is 0.433. The van der Waals surface area contributed by atoms with Crippen LogP contribution in [-0.2, 0) is 11.0 Å². The van der Waals surface area contributed by atoms with Crippen LogP contribution in [0.5, 0.6) is 0 Å². The number of hydrazine groups is 1. The number of halogens is 3. The number of hydrogen-bond donors (Lipinski definition) is 3. The van der Waals surface area contributed by atoms with Crippen LogP contribution < -0.4 is 21.1 Å². The molecule has 1 amide bonds. The molecule has 10 heteroatoms. The summed E-state index contributed by atoms with van der Waals surface area (Å²) in [5.41, 5.74) is 4.38. The molecular weight excluding hydrogens is 517 g/mol. The van der Waals surface area contributed by atoms with Crippen LogP contribution in [0.1, 0.15) is 69.4 Å². The molecule has 1 unspecified atom stereocenters. The number of carbonyl (C=O) groups is 1. The Morgan fingerprint density at radius 2 is 1.62 bits per heavy atom. The van der Waals surface area contributed by atoms with Gasteiger partial charge in [-0.3, -0.25) is 4.79 Å². The van der Waals surface area contributed by atoms with Crippen molar-refractivity contribution >= 4 is 23.4 Å². The monoisotopic (exact) mass is 556 g/mol. The summed E-state index contributed by atoms with van der Waals surface area (Å²) in [6.07, 6.45) is 2.79. The predicted molar refractivity (Wildman–Crippen MR) is 153 cm³/mol. The van der Waals surface area contributed by atoms with E-state index in [-0.39, 0.29) is 30.8 Å². The SMILES string of the molecule is CCCCCCC(CCNN(c1ccccc1)c1ncc(C(F)(F)F)c(NCCNC(C)=O)n1)c1ccccc1. The lowest BCUT2D eigenvalue weighted by Crippen LogP contribution is -2.37. The minimum atomic E-state index is -4.64. The highest BCUT2D eigenvalue weighted by Gasteiger charge is 2.35. The van der Waals surface area contributed by atoms with Crippen LogP contribution in [0.3, 0.4) is 0 Å². The van der Waals surface area contributed by atoms with E-state index in [2.05, 4.69) is 57.2 Å². The third kappa shape index (κ3) is 9.82. The largest absolute Gasteiger partial charge is 0.421 e. The van der Waals surface area contributed by atoms with E-state index in [0.717, 1.165) is 25.5 Å². The summed E-state index contributed by atoms with van der Waals surface area (Å²) in [5.74, 6) is -0.174. The van der Waals surface area contributed by atoms with Gasteiger partial charge >= 0.3 is 6.18 Å². The average Bonchev–Trinajstić information content (AvgIpc) is 2.95. The zero-order chi connectivity index (χ0) is 28.8. The smallest absolute Gasteiger partial charge is 0.368 e. The van der Waals surface area contributed by atoms with Crippen molar-refractivity contribution in [2.45, 2.75) is 64.5 Å². The van der Waals surface area contributed by atoms with E-state index < -0.39 is 11.7 Å². The molecule has 1 atom stereocenters. The topological polar surface area (TPSA) is 82.2 Å². The first kappa shape index (κ1) is 30.9. The standard InChI is InChI=1S/C30H39F3N6O/c1-3-4-5-8-15-25(24-13-9-6-10-14-24)18-19-37-39(26-16-11-7-12-17-26)29-36-22-27(30(31,32)33)28(38-29)35-21-20-34-23(2)40/h6-7,9-14,16-17,22,25,37H,3-5,8,15,18-21H2,1-2H3,(H,34,40)(H,35,36,38). The first-order valence-electron chi connectivity index (χ1n) is 13.9. The van der Waals surface area contributed by atoms with Crippen LogP contribution in [0.2, 0.25) is 0 Å². The van der Waals surface area contributed by atoms with Gasteiger partial charge in [0.15, 0.2) is 0 Å². The van der Waals surface area contributed by atoms with Crippen molar-refractivity contribution in [2.24, 2.45) is 0 Å².